The molecule has 0 aromatic heterocycles. The predicted octanol–water partition coefficient (Wildman–Crippen LogP) is 4.92. The molecule has 1 aliphatic carbocycles. The smallest absolute Gasteiger partial charge is 0.407 e. The number of halogens is 2. The molecule has 2 amide bonds. The molecule has 1 atom stereocenters. The van der Waals surface area contributed by atoms with Crippen LogP contribution in [0, 0.1) is 11.6 Å². The van der Waals surface area contributed by atoms with Crippen LogP contribution < -0.4 is 10.6 Å². The summed E-state index contributed by atoms with van der Waals surface area (Å²) in [6, 6.07) is 16.3. The third kappa shape index (κ3) is 4.70. The molecule has 0 bridgehead atoms. The van der Waals surface area contributed by atoms with Crippen molar-refractivity contribution in [3.63, 3.8) is 0 Å². The summed E-state index contributed by atoms with van der Waals surface area (Å²) < 4.78 is 33.4. The van der Waals surface area contributed by atoms with Gasteiger partial charge in [0.05, 0.1) is 5.69 Å². The number of alkyl carbamates (subject to hydrolysis) is 1. The van der Waals surface area contributed by atoms with Crippen LogP contribution in [0.15, 0.2) is 60.7 Å². The van der Waals surface area contributed by atoms with Gasteiger partial charge in [0.25, 0.3) is 0 Å². The van der Waals surface area contributed by atoms with Crippen LogP contribution in [-0.4, -0.2) is 35.7 Å². The lowest BCUT2D eigenvalue weighted by Gasteiger charge is -2.19. The van der Waals surface area contributed by atoms with E-state index in [1.54, 1.807) is 6.92 Å². The fourth-order valence-electron chi connectivity index (χ4n) is 4.20. The number of carbonyl (C=O) groups excluding carboxylic acids is 2. The normalized spacial score (nSPS) is 12.9. The lowest BCUT2D eigenvalue weighted by atomic mass is 9.98. The second-order valence-electron chi connectivity index (χ2n) is 8.01. The van der Waals surface area contributed by atoms with Crippen LogP contribution in [0.5, 0.6) is 0 Å². The van der Waals surface area contributed by atoms with Gasteiger partial charge in [-0.1, -0.05) is 55.5 Å². The van der Waals surface area contributed by atoms with Crippen LogP contribution >= 0.6 is 0 Å². The first-order valence-corrected chi connectivity index (χ1v) is 11.0. The van der Waals surface area contributed by atoms with Gasteiger partial charge in [-0.15, -0.1) is 0 Å². The SMILES string of the molecule is CC[C@H](NC(=O)OCC1c2ccccc2-c2ccccc21)C(=O)Nc1ccc(F)c(C(=O)O)c1F. The molecule has 0 radical (unpaired) electrons. The zero-order chi connectivity index (χ0) is 25.1. The van der Waals surface area contributed by atoms with Crippen molar-refractivity contribution in [2.45, 2.75) is 25.3 Å². The van der Waals surface area contributed by atoms with E-state index < -0.39 is 46.9 Å². The summed E-state index contributed by atoms with van der Waals surface area (Å²) in [6.07, 6.45) is -0.690. The van der Waals surface area contributed by atoms with E-state index in [-0.39, 0.29) is 18.9 Å². The van der Waals surface area contributed by atoms with E-state index in [0.717, 1.165) is 34.4 Å². The number of rotatable bonds is 7. The minimum absolute atomic E-state index is 0.0481. The Kier molecular flexibility index (Phi) is 6.77. The molecule has 0 fully saturated rings. The molecule has 7 nitrogen and oxygen atoms in total. The summed E-state index contributed by atoms with van der Waals surface area (Å²) in [5.74, 6) is -5.45. The molecule has 0 aliphatic heterocycles. The Hall–Kier alpha value is -4.27. The Morgan fingerprint density at radius 2 is 1.57 bits per heavy atom. The van der Waals surface area contributed by atoms with Crippen LogP contribution in [-0.2, 0) is 9.53 Å². The molecule has 3 aromatic carbocycles. The maximum Gasteiger partial charge on any atom is 0.407 e. The highest BCUT2D eigenvalue weighted by Gasteiger charge is 2.30. The molecule has 0 heterocycles. The first-order chi connectivity index (χ1) is 16.8. The van der Waals surface area contributed by atoms with Crippen LogP contribution in [0.1, 0.15) is 40.7 Å². The molecule has 3 aromatic rings. The van der Waals surface area contributed by atoms with Gasteiger partial charge in [-0.3, -0.25) is 4.79 Å². The van der Waals surface area contributed by atoms with Crippen molar-refractivity contribution < 1.29 is 33.0 Å². The van der Waals surface area contributed by atoms with Crippen molar-refractivity contribution in [1.29, 1.82) is 0 Å². The van der Waals surface area contributed by atoms with Crippen molar-refractivity contribution in [1.82, 2.24) is 5.32 Å². The van der Waals surface area contributed by atoms with Gasteiger partial charge in [-0.2, -0.15) is 0 Å². The van der Waals surface area contributed by atoms with Gasteiger partial charge < -0.3 is 20.5 Å². The molecule has 9 heteroatoms. The van der Waals surface area contributed by atoms with E-state index in [0.29, 0.717) is 0 Å². The Balaban J connectivity index is 1.41. The number of benzene rings is 3. The number of hydrogen-bond donors (Lipinski definition) is 3. The maximum atomic E-state index is 14.4. The fraction of sp³-hybridized carbons (Fsp3) is 0.192. The topological polar surface area (TPSA) is 105 Å². The van der Waals surface area contributed by atoms with Crippen LogP contribution in [0.4, 0.5) is 19.3 Å². The molecule has 3 N–H and O–H groups in total. The van der Waals surface area contributed by atoms with Gasteiger partial charge in [-0.25, -0.2) is 18.4 Å². The zero-order valence-electron chi connectivity index (χ0n) is 18.7. The van der Waals surface area contributed by atoms with E-state index in [2.05, 4.69) is 10.6 Å². The zero-order valence-corrected chi connectivity index (χ0v) is 18.7. The minimum Gasteiger partial charge on any atom is -0.477 e. The highest BCUT2D eigenvalue weighted by Crippen LogP contribution is 2.44. The number of carboxylic acid groups (broad SMARTS) is 1. The molecule has 4 rings (SSSR count). The van der Waals surface area contributed by atoms with E-state index in [1.807, 2.05) is 48.5 Å². The van der Waals surface area contributed by atoms with Gasteiger partial charge in [-0.05, 0) is 40.8 Å². The number of carboxylic acids is 1. The molecular formula is C26H22F2N2O5. The highest BCUT2D eigenvalue weighted by molar-refractivity contribution is 5.98. The fourth-order valence-corrected chi connectivity index (χ4v) is 4.20. The van der Waals surface area contributed by atoms with Crippen molar-refractivity contribution in [2.75, 3.05) is 11.9 Å². The third-order valence-electron chi connectivity index (χ3n) is 5.92. The molecule has 35 heavy (non-hydrogen) atoms. The number of anilines is 1. The predicted molar refractivity (Wildman–Crippen MR) is 124 cm³/mol. The van der Waals surface area contributed by atoms with Crippen LogP contribution in [0.3, 0.4) is 0 Å². The molecule has 180 valence electrons. The minimum atomic E-state index is -1.81. The molecular weight excluding hydrogens is 458 g/mol. The first kappa shape index (κ1) is 23.9. The molecule has 0 unspecified atom stereocenters. The monoisotopic (exact) mass is 480 g/mol. The van der Waals surface area contributed by atoms with Crippen LogP contribution in [0.2, 0.25) is 0 Å². The van der Waals surface area contributed by atoms with Crippen molar-refractivity contribution in [3.8, 4) is 11.1 Å². The Morgan fingerprint density at radius 3 is 2.14 bits per heavy atom. The Bertz CT molecular complexity index is 1270. The number of fused-ring (bicyclic) bond motifs is 3. The van der Waals surface area contributed by atoms with E-state index in [9.17, 15) is 23.2 Å². The highest BCUT2D eigenvalue weighted by atomic mass is 19.1. The summed E-state index contributed by atoms with van der Waals surface area (Å²) in [5, 5.41) is 13.6. The number of aromatic carboxylic acids is 1. The van der Waals surface area contributed by atoms with Gasteiger partial charge in [0, 0.05) is 5.92 Å². The standard InChI is InChI=1S/C26H22F2N2O5/c1-2-20(24(31)29-21-12-11-19(27)22(23(21)28)25(32)33)30-26(34)35-13-18-16-9-5-3-7-14(16)15-8-4-6-10-17(15)18/h3-12,18,20H,2,13H2,1H3,(H,29,31)(H,30,34)(H,32,33)/t20-/m0/s1. The van der Waals surface area contributed by atoms with Crippen LogP contribution in [0.25, 0.3) is 11.1 Å². The Labute approximate surface area is 199 Å². The summed E-state index contributed by atoms with van der Waals surface area (Å²) in [6.45, 7) is 1.67. The van der Waals surface area contributed by atoms with Gasteiger partial charge in [0.1, 0.15) is 24.0 Å². The van der Waals surface area contributed by atoms with Crippen molar-refractivity contribution >= 4 is 23.7 Å². The molecule has 1 aliphatic rings. The molecule has 0 saturated carbocycles. The van der Waals surface area contributed by atoms with E-state index in [1.165, 1.54) is 0 Å². The second-order valence-corrected chi connectivity index (χ2v) is 8.01. The molecule has 0 spiro atoms. The maximum absolute atomic E-state index is 14.4. The lowest BCUT2D eigenvalue weighted by Crippen LogP contribution is -2.44. The average Bonchev–Trinajstić information content (AvgIpc) is 3.16. The summed E-state index contributed by atoms with van der Waals surface area (Å²) in [7, 11) is 0. The summed E-state index contributed by atoms with van der Waals surface area (Å²) in [5.41, 5.74) is 2.52. The summed E-state index contributed by atoms with van der Waals surface area (Å²) >= 11 is 0. The largest absolute Gasteiger partial charge is 0.477 e. The second kappa shape index (κ2) is 9.92. The quantitative estimate of drug-likeness (QED) is 0.445. The lowest BCUT2D eigenvalue weighted by molar-refractivity contribution is -0.118. The number of nitrogens with one attached hydrogen (secondary N) is 2. The molecule has 0 saturated heterocycles. The van der Waals surface area contributed by atoms with Gasteiger partial charge in [0.15, 0.2) is 5.82 Å². The van der Waals surface area contributed by atoms with Crippen molar-refractivity contribution in [2.24, 2.45) is 0 Å². The number of ether oxygens (including phenoxy) is 1. The summed E-state index contributed by atoms with van der Waals surface area (Å²) in [4.78, 5) is 36.2. The van der Waals surface area contributed by atoms with Crippen molar-refractivity contribution in [3.05, 3.63) is 89.0 Å². The number of carbonyl (C=O) groups is 3. The number of amides is 2. The first-order valence-electron chi connectivity index (χ1n) is 11.0. The third-order valence-corrected chi connectivity index (χ3v) is 5.92. The average molecular weight is 480 g/mol. The van der Waals surface area contributed by atoms with E-state index >= 15 is 0 Å². The van der Waals surface area contributed by atoms with Gasteiger partial charge in [0.2, 0.25) is 5.91 Å². The Morgan fingerprint density at radius 1 is 0.971 bits per heavy atom. The van der Waals surface area contributed by atoms with Gasteiger partial charge >= 0.3 is 12.1 Å². The van der Waals surface area contributed by atoms with E-state index in [4.69, 9.17) is 9.84 Å². The number of hydrogen-bond acceptors (Lipinski definition) is 4.